The van der Waals surface area contributed by atoms with Crippen LogP contribution in [-0.4, -0.2) is 40.1 Å². The Balaban J connectivity index is 2.46. The lowest BCUT2D eigenvalue weighted by atomic mass is 10.2. The lowest BCUT2D eigenvalue weighted by Crippen LogP contribution is -2.38. The summed E-state index contributed by atoms with van der Waals surface area (Å²) >= 11 is 0. The SMILES string of the molecule is COC(=O)C1CCCN1c1c([N+](=O)[O-])nc(C)n1C. The normalized spacial score (nSPS) is 18.7. The average molecular weight is 268 g/mol. The number of anilines is 1. The van der Waals surface area contributed by atoms with Gasteiger partial charge in [-0.1, -0.05) is 0 Å². The number of hydrogen-bond acceptors (Lipinski definition) is 6. The van der Waals surface area contributed by atoms with Crippen molar-refractivity contribution in [2.45, 2.75) is 25.8 Å². The van der Waals surface area contributed by atoms with Crippen LogP contribution in [0.4, 0.5) is 11.6 Å². The first-order chi connectivity index (χ1) is 8.97. The molecule has 1 aliphatic heterocycles. The molecule has 0 N–H and O–H groups in total. The molecular weight excluding hydrogens is 252 g/mol. The zero-order chi connectivity index (χ0) is 14.2. The minimum atomic E-state index is -0.519. The first-order valence-corrected chi connectivity index (χ1v) is 5.99. The molecule has 0 aliphatic carbocycles. The maximum Gasteiger partial charge on any atom is 0.406 e. The highest BCUT2D eigenvalue weighted by molar-refractivity contribution is 5.81. The van der Waals surface area contributed by atoms with Gasteiger partial charge < -0.3 is 19.8 Å². The van der Waals surface area contributed by atoms with E-state index in [0.29, 0.717) is 24.6 Å². The van der Waals surface area contributed by atoms with Gasteiger partial charge >= 0.3 is 11.8 Å². The van der Waals surface area contributed by atoms with Crippen LogP contribution in [0.15, 0.2) is 0 Å². The summed E-state index contributed by atoms with van der Waals surface area (Å²) in [5.41, 5.74) is 0. The molecule has 104 valence electrons. The molecule has 0 saturated carbocycles. The summed E-state index contributed by atoms with van der Waals surface area (Å²) in [6.07, 6.45) is 1.43. The first kappa shape index (κ1) is 13.3. The molecule has 8 nitrogen and oxygen atoms in total. The number of aromatic nitrogens is 2. The van der Waals surface area contributed by atoms with Gasteiger partial charge in [0.15, 0.2) is 0 Å². The Hall–Kier alpha value is -2.12. The Morgan fingerprint density at radius 1 is 1.58 bits per heavy atom. The number of nitro groups is 1. The monoisotopic (exact) mass is 268 g/mol. The molecular formula is C11H16N4O4. The summed E-state index contributed by atoms with van der Waals surface area (Å²) in [4.78, 5) is 27.9. The van der Waals surface area contributed by atoms with E-state index in [-0.39, 0.29) is 11.8 Å². The van der Waals surface area contributed by atoms with Crippen molar-refractivity contribution in [3.05, 3.63) is 15.9 Å². The number of nitrogens with zero attached hydrogens (tertiary/aromatic N) is 4. The number of carbonyl (C=O) groups is 1. The number of ether oxygens (including phenoxy) is 1. The molecule has 2 heterocycles. The van der Waals surface area contributed by atoms with Gasteiger partial charge in [0.1, 0.15) is 6.04 Å². The molecule has 2 rings (SSSR count). The molecule has 1 atom stereocenters. The fourth-order valence-corrected chi connectivity index (χ4v) is 2.43. The smallest absolute Gasteiger partial charge is 0.406 e. The van der Waals surface area contributed by atoms with Crippen molar-refractivity contribution in [3.8, 4) is 0 Å². The number of rotatable bonds is 3. The second kappa shape index (κ2) is 4.87. The van der Waals surface area contributed by atoms with Crippen molar-refractivity contribution in [1.82, 2.24) is 9.55 Å². The Morgan fingerprint density at radius 3 is 2.84 bits per heavy atom. The van der Waals surface area contributed by atoms with E-state index >= 15 is 0 Å². The molecule has 8 heteroatoms. The Bertz CT molecular complexity index is 525. The summed E-state index contributed by atoms with van der Waals surface area (Å²) in [6, 6.07) is -0.474. The number of imidazole rings is 1. The van der Waals surface area contributed by atoms with Crippen molar-refractivity contribution in [2.24, 2.45) is 7.05 Å². The van der Waals surface area contributed by atoms with Gasteiger partial charge in [-0.3, -0.25) is 4.57 Å². The zero-order valence-corrected chi connectivity index (χ0v) is 11.1. The van der Waals surface area contributed by atoms with Crippen LogP contribution in [0, 0.1) is 17.0 Å². The Morgan fingerprint density at radius 2 is 2.26 bits per heavy atom. The molecule has 0 amide bonds. The van der Waals surface area contributed by atoms with Crippen molar-refractivity contribution < 1.29 is 14.5 Å². The van der Waals surface area contributed by atoms with Crippen LogP contribution in [0.25, 0.3) is 0 Å². The number of hydrogen-bond donors (Lipinski definition) is 0. The molecule has 0 spiro atoms. The fraction of sp³-hybridized carbons (Fsp3) is 0.636. The van der Waals surface area contributed by atoms with Gasteiger partial charge in [0.05, 0.1) is 7.11 Å². The third kappa shape index (κ3) is 2.13. The van der Waals surface area contributed by atoms with Gasteiger partial charge in [0.25, 0.3) is 0 Å². The van der Waals surface area contributed by atoms with E-state index in [1.807, 2.05) is 0 Å². The van der Waals surface area contributed by atoms with Gasteiger partial charge in [-0.15, -0.1) is 0 Å². The Kier molecular flexibility index (Phi) is 3.41. The second-order valence-electron chi connectivity index (χ2n) is 4.50. The minimum Gasteiger partial charge on any atom is -0.467 e. The highest BCUT2D eigenvalue weighted by atomic mass is 16.6. The topological polar surface area (TPSA) is 90.5 Å². The van der Waals surface area contributed by atoms with Gasteiger partial charge in [-0.05, 0) is 22.7 Å². The molecule has 1 unspecified atom stereocenters. The third-order valence-electron chi connectivity index (χ3n) is 3.44. The molecule has 0 bridgehead atoms. The van der Waals surface area contributed by atoms with E-state index in [0.717, 1.165) is 6.42 Å². The zero-order valence-electron chi connectivity index (χ0n) is 11.1. The van der Waals surface area contributed by atoms with Crippen LogP contribution in [0.1, 0.15) is 18.7 Å². The van der Waals surface area contributed by atoms with Crippen LogP contribution >= 0.6 is 0 Å². The molecule has 1 aromatic rings. The van der Waals surface area contributed by atoms with Crippen molar-refractivity contribution in [2.75, 3.05) is 18.6 Å². The maximum absolute atomic E-state index is 11.7. The molecule has 1 fully saturated rings. The van der Waals surface area contributed by atoms with E-state index in [1.165, 1.54) is 7.11 Å². The predicted molar refractivity (Wildman–Crippen MR) is 67.0 cm³/mol. The molecule has 19 heavy (non-hydrogen) atoms. The molecule has 1 aliphatic rings. The predicted octanol–water partition coefficient (Wildman–Crippen LogP) is 0.779. The number of carbonyl (C=O) groups excluding carboxylic acids is 1. The minimum absolute atomic E-state index is 0.212. The van der Waals surface area contributed by atoms with E-state index < -0.39 is 11.0 Å². The molecule has 1 aromatic heterocycles. The number of methoxy groups -OCH3 is 1. The van der Waals surface area contributed by atoms with Crippen molar-refractivity contribution >= 4 is 17.6 Å². The lowest BCUT2D eigenvalue weighted by molar-refractivity contribution is -0.388. The van der Waals surface area contributed by atoms with E-state index in [9.17, 15) is 14.9 Å². The Labute approximate surface area is 110 Å². The summed E-state index contributed by atoms with van der Waals surface area (Å²) in [7, 11) is 3.03. The number of esters is 1. The van der Waals surface area contributed by atoms with E-state index in [1.54, 1.807) is 23.4 Å². The van der Waals surface area contributed by atoms with Crippen LogP contribution in [-0.2, 0) is 16.6 Å². The number of aryl methyl sites for hydroxylation is 1. The van der Waals surface area contributed by atoms with Crippen molar-refractivity contribution in [1.29, 1.82) is 0 Å². The highest BCUT2D eigenvalue weighted by Crippen LogP contribution is 2.33. The average Bonchev–Trinajstić information content (AvgIpc) is 2.94. The molecule has 0 radical (unpaired) electrons. The van der Waals surface area contributed by atoms with Crippen LogP contribution in [0.3, 0.4) is 0 Å². The lowest BCUT2D eigenvalue weighted by Gasteiger charge is -2.23. The van der Waals surface area contributed by atoms with Gasteiger partial charge in [0, 0.05) is 20.5 Å². The van der Waals surface area contributed by atoms with Crippen LogP contribution < -0.4 is 4.90 Å². The first-order valence-electron chi connectivity index (χ1n) is 5.99. The van der Waals surface area contributed by atoms with Gasteiger partial charge in [-0.2, -0.15) is 0 Å². The van der Waals surface area contributed by atoms with Crippen molar-refractivity contribution in [3.63, 3.8) is 0 Å². The van der Waals surface area contributed by atoms with Gasteiger partial charge in [-0.25, -0.2) is 4.79 Å². The van der Waals surface area contributed by atoms with Crippen LogP contribution in [0.5, 0.6) is 0 Å². The van der Waals surface area contributed by atoms with Gasteiger partial charge in [0.2, 0.25) is 11.6 Å². The summed E-state index contributed by atoms with van der Waals surface area (Å²) < 4.78 is 6.39. The highest BCUT2D eigenvalue weighted by Gasteiger charge is 2.38. The quantitative estimate of drug-likeness (QED) is 0.457. The second-order valence-corrected chi connectivity index (χ2v) is 4.50. The summed E-state index contributed by atoms with van der Waals surface area (Å²) in [5.74, 6) is 0.328. The standard InChI is InChI=1S/C11H16N4O4/c1-7-12-9(15(17)18)10(13(7)2)14-6-4-5-8(14)11(16)19-3/h8H,4-6H2,1-3H3. The largest absolute Gasteiger partial charge is 0.467 e. The fourth-order valence-electron chi connectivity index (χ4n) is 2.43. The molecule has 0 aromatic carbocycles. The maximum atomic E-state index is 11.7. The third-order valence-corrected chi connectivity index (χ3v) is 3.44. The molecule has 1 saturated heterocycles. The van der Waals surface area contributed by atoms with E-state index in [4.69, 9.17) is 4.74 Å². The van der Waals surface area contributed by atoms with Crippen LogP contribution in [0.2, 0.25) is 0 Å². The summed E-state index contributed by atoms with van der Waals surface area (Å²) in [5, 5.41) is 11.1. The summed E-state index contributed by atoms with van der Waals surface area (Å²) in [6.45, 7) is 2.28. The van der Waals surface area contributed by atoms with E-state index in [2.05, 4.69) is 4.98 Å².